The number of carbonyl (C=O) groups is 1. The Morgan fingerprint density at radius 1 is 1.75 bits per heavy atom. The molecule has 0 spiro atoms. The lowest BCUT2D eigenvalue weighted by atomic mass is 10.3. The largest absolute Gasteiger partial charge is 0.396 e. The van der Waals surface area contributed by atoms with Crippen LogP contribution in [0.2, 0.25) is 0 Å². The third kappa shape index (κ3) is 2.71. The van der Waals surface area contributed by atoms with Crippen molar-refractivity contribution in [1.82, 2.24) is 4.98 Å². The summed E-state index contributed by atoms with van der Waals surface area (Å²) in [6.07, 6.45) is 2.75. The molecule has 0 bridgehead atoms. The molecule has 1 aromatic heterocycles. The Labute approximate surface area is 75.1 Å². The number of aliphatic hydroxyl groups excluding tert-OH is 1. The minimum absolute atomic E-state index is 0.118. The molecule has 0 amide bonds. The predicted molar refractivity (Wildman–Crippen MR) is 47.3 cm³/mol. The van der Waals surface area contributed by atoms with E-state index in [1.807, 2.05) is 0 Å². The monoisotopic (exact) mass is 185 g/mol. The zero-order valence-corrected chi connectivity index (χ0v) is 7.73. The Kier molecular flexibility index (Phi) is 3.37. The quantitative estimate of drug-likeness (QED) is 0.755. The zero-order valence-electron chi connectivity index (χ0n) is 6.91. The number of thiazole rings is 1. The maximum absolute atomic E-state index is 10.7. The number of ketones is 1. The maximum atomic E-state index is 10.7. The molecule has 0 aliphatic carbocycles. The molecule has 0 saturated heterocycles. The van der Waals surface area contributed by atoms with Crippen LogP contribution in [0.3, 0.4) is 0 Å². The first-order valence-corrected chi connectivity index (χ1v) is 4.58. The van der Waals surface area contributed by atoms with Gasteiger partial charge in [-0.15, -0.1) is 11.3 Å². The second-order valence-electron chi connectivity index (χ2n) is 2.57. The van der Waals surface area contributed by atoms with Crippen LogP contribution in [0.4, 0.5) is 0 Å². The lowest BCUT2D eigenvalue weighted by Crippen LogP contribution is -1.92. The van der Waals surface area contributed by atoms with Gasteiger partial charge < -0.3 is 5.11 Å². The third-order valence-electron chi connectivity index (χ3n) is 1.35. The highest BCUT2D eigenvalue weighted by atomic mass is 32.1. The van der Waals surface area contributed by atoms with E-state index < -0.39 is 0 Å². The van der Waals surface area contributed by atoms with Crippen molar-refractivity contribution in [2.24, 2.45) is 0 Å². The minimum atomic E-state index is 0.118. The Bertz CT molecular complexity index is 270. The fraction of sp³-hybridized carbons (Fsp3) is 0.500. The van der Waals surface area contributed by atoms with E-state index in [0.717, 1.165) is 9.88 Å². The van der Waals surface area contributed by atoms with Crippen LogP contribution in [-0.4, -0.2) is 22.5 Å². The molecule has 0 atom stereocenters. The van der Waals surface area contributed by atoms with Gasteiger partial charge in [0.05, 0.1) is 5.01 Å². The highest BCUT2D eigenvalue weighted by Gasteiger charge is 2.03. The topological polar surface area (TPSA) is 50.2 Å². The summed E-state index contributed by atoms with van der Waals surface area (Å²) >= 11 is 1.49. The summed E-state index contributed by atoms with van der Waals surface area (Å²) in [5, 5.41) is 9.51. The van der Waals surface area contributed by atoms with Gasteiger partial charge in [-0.05, 0) is 6.92 Å². The number of nitrogens with zero attached hydrogens (tertiary/aromatic N) is 1. The number of aromatic nitrogens is 1. The Morgan fingerprint density at radius 3 is 3.08 bits per heavy atom. The van der Waals surface area contributed by atoms with Crippen molar-refractivity contribution in [3.8, 4) is 0 Å². The van der Waals surface area contributed by atoms with Crippen LogP contribution >= 0.6 is 11.3 Å². The highest BCUT2D eigenvalue weighted by Crippen LogP contribution is 2.13. The van der Waals surface area contributed by atoms with Gasteiger partial charge in [-0.2, -0.15) is 0 Å². The molecule has 0 aromatic carbocycles. The van der Waals surface area contributed by atoms with E-state index in [9.17, 15) is 4.79 Å². The molecule has 0 unspecified atom stereocenters. The molecule has 3 nitrogen and oxygen atoms in total. The molecule has 0 aliphatic heterocycles. The molecule has 0 aliphatic rings. The molecule has 4 heteroatoms. The molecule has 1 rings (SSSR count). The van der Waals surface area contributed by atoms with Gasteiger partial charge in [0.25, 0.3) is 0 Å². The molecule has 0 radical (unpaired) electrons. The van der Waals surface area contributed by atoms with Crippen LogP contribution in [-0.2, 0) is 17.6 Å². The van der Waals surface area contributed by atoms with Crippen molar-refractivity contribution in [3.05, 3.63) is 16.1 Å². The number of rotatable bonds is 4. The van der Waals surface area contributed by atoms with Crippen molar-refractivity contribution in [3.63, 3.8) is 0 Å². The molecule has 12 heavy (non-hydrogen) atoms. The molecular weight excluding hydrogens is 174 g/mol. The summed E-state index contributed by atoms with van der Waals surface area (Å²) in [5.41, 5.74) is 0. The zero-order chi connectivity index (χ0) is 8.97. The number of hydrogen-bond donors (Lipinski definition) is 1. The molecule has 1 aromatic rings. The van der Waals surface area contributed by atoms with Crippen LogP contribution in [0.15, 0.2) is 6.20 Å². The van der Waals surface area contributed by atoms with Gasteiger partial charge in [-0.3, -0.25) is 4.79 Å². The number of carbonyl (C=O) groups excluding carboxylic acids is 1. The number of hydrogen-bond acceptors (Lipinski definition) is 4. The third-order valence-corrected chi connectivity index (χ3v) is 2.41. The van der Waals surface area contributed by atoms with Gasteiger partial charge >= 0.3 is 0 Å². The fourth-order valence-corrected chi connectivity index (χ4v) is 1.87. The van der Waals surface area contributed by atoms with Crippen molar-refractivity contribution in [1.29, 1.82) is 0 Å². The van der Waals surface area contributed by atoms with Gasteiger partial charge in [0.2, 0.25) is 0 Å². The summed E-state index contributed by atoms with van der Waals surface area (Å²) < 4.78 is 0. The minimum Gasteiger partial charge on any atom is -0.396 e. The first-order chi connectivity index (χ1) is 5.72. The van der Waals surface area contributed by atoms with E-state index in [1.165, 1.54) is 11.3 Å². The molecule has 1 N–H and O–H groups in total. The van der Waals surface area contributed by atoms with E-state index in [2.05, 4.69) is 4.98 Å². The summed E-state index contributed by atoms with van der Waals surface area (Å²) in [7, 11) is 0. The summed E-state index contributed by atoms with van der Waals surface area (Å²) in [6, 6.07) is 0. The van der Waals surface area contributed by atoms with Crippen molar-refractivity contribution < 1.29 is 9.90 Å². The number of Topliss-reactive ketones (excluding diaryl/α,β-unsaturated/α-hetero) is 1. The molecule has 0 saturated carbocycles. The smallest absolute Gasteiger partial charge is 0.135 e. The predicted octanol–water partition coefficient (Wildman–Crippen LogP) is 0.809. The maximum Gasteiger partial charge on any atom is 0.135 e. The van der Waals surface area contributed by atoms with Crippen LogP contribution < -0.4 is 0 Å². The van der Waals surface area contributed by atoms with Crippen molar-refractivity contribution in [2.75, 3.05) is 6.61 Å². The van der Waals surface area contributed by atoms with Gasteiger partial charge in [0.1, 0.15) is 5.78 Å². The van der Waals surface area contributed by atoms with Crippen molar-refractivity contribution in [2.45, 2.75) is 19.8 Å². The highest BCUT2D eigenvalue weighted by molar-refractivity contribution is 7.11. The van der Waals surface area contributed by atoms with E-state index in [4.69, 9.17) is 5.11 Å². The van der Waals surface area contributed by atoms with Crippen molar-refractivity contribution >= 4 is 17.1 Å². The van der Waals surface area contributed by atoms with E-state index in [-0.39, 0.29) is 12.4 Å². The molecule has 66 valence electrons. The Morgan fingerprint density at radius 2 is 2.50 bits per heavy atom. The van der Waals surface area contributed by atoms with Gasteiger partial charge in [0, 0.05) is 30.5 Å². The van der Waals surface area contributed by atoms with Crippen LogP contribution in [0, 0.1) is 0 Å². The molecular formula is C8H11NO2S. The number of aliphatic hydroxyl groups is 1. The van der Waals surface area contributed by atoms with E-state index >= 15 is 0 Å². The second kappa shape index (κ2) is 4.33. The normalized spacial score (nSPS) is 10.2. The fourth-order valence-electron chi connectivity index (χ4n) is 0.886. The lowest BCUT2D eigenvalue weighted by Gasteiger charge is -1.88. The Balaban J connectivity index is 2.58. The first kappa shape index (κ1) is 9.35. The van der Waals surface area contributed by atoms with Crippen LogP contribution in [0.25, 0.3) is 0 Å². The summed E-state index contributed by atoms with van der Waals surface area (Å²) in [6.45, 7) is 1.68. The van der Waals surface area contributed by atoms with E-state index in [1.54, 1.807) is 13.1 Å². The van der Waals surface area contributed by atoms with Gasteiger partial charge in [-0.25, -0.2) is 4.98 Å². The second-order valence-corrected chi connectivity index (χ2v) is 3.77. The lowest BCUT2D eigenvalue weighted by molar-refractivity contribution is -0.116. The average molecular weight is 185 g/mol. The van der Waals surface area contributed by atoms with Gasteiger partial charge in [0.15, 0.2) is 0 Å². The van der Waals surface area contributed by atoms with Crippen LogP contribution in [0.5, 0.6) is 0 Å². The average Bonchev–Trinajstić information content (AvgIpc) is 2.36. The van der Waals surface area contributed by atoms with E-state index in [0.29, 0.717) is 12.8 Å². The van der Waals surface area contributed by atoms with Gasteiger partial charge in [-0.1, -0.05) is 0 Å². The summed E-state index contributed by atoms with van der Waals surface area (Å²) in [5.74, 6) is 0.147. The Hall–Kier alpha value is -0.740. The molecule has 0 fully saturated rings. The first-order valence-electron chi connectivity index (χ1n) is 3.76. The molecule has 1 heterocycles. The van der Waals surface area contributed by atoms with Crippen LogP contribution in [0.1, 0.15) is 16.8 Å². The summed E-state index contributed by atoms with van der Waals surface area (Å²) in [4.78, 5) is 15.8. The SMILES string of the molecule is CC(=O)Cc1cnc(CCO)s1. The standard InChI is InChI=1S/C8H11NO2S/c1-6(11)4-7-5-9-8(12-7)2-3-10/h5,10H,2-4H2,1H3.